The molecule has 0 radical (unpaired) electrons. The highest BCUT2D eigenvalue weighted by Crippen LogP contribution is 2.28. The SMILES string of the molecule is C=CCN(CC(=O)N1CCCN(c2ccc(-c3cccc(OC)c3)nn2)CC1)C(=O)C1CCC1. The van der Waals surface area contributed by atoms with Crippen molar-refractivity contribution in [1.82, 2.24) is 20.0 Å². The summed E-state index contributed by atoms with van der Waals surface area (Å²) in [4.78, 5) is 31.4. The first-order valence-corrected chi connectivity index (χ1v) is 12.0. The van der Waals surface area contributed by atoms with Crippen LogP contribution < -0.4 is 9.64 Å². The van der Waals surface area contributed by atoms with Crippen LogP contribution in [0.15, 0.2) is 49.1 Å². The highest BCUT2D eigenvalue weighted by Gasteiger charge is 2.31. The minimum absolute atomic E-state index is 0.00386. The standard InChI is InChI=1S/C26H33N5O3/c1-3-13-31(26(33)20-7-4-8-20)19-25(32)30-15-6-14-29(16-17-30)24-12-11-23(27-28-24)21-9-5-10-22(18-21)34-2/h3,5,9-12,18,20H,1,4,6-8,13-17,19H2,2H3. The predicted octanol–water partition coefficient (Wildman–Crippen LogP) is 3.01. The minimum atomic E-state index is -0.00386. The van der Waals surface area contributed by atoms with Gasteiger partial charge in [0.1, 0.15) is 12.3 Å². The number of ether oxygens (including phenoxy) is 1. The fourth-order valence-electron chi connectivity index (χ4n) is 4.39. The summed E-state index contributed by atoms with van der Waals surface area (Å²) in [6.07, 6.45) is 5.48. The summed E-state index contributed by atoms with van der Waals surface area (Å²) in [5.41, 5.74) is 1.74. The molecule has 34 heavy (non-hydrogen) atoms. The summed E-state index contributed by atoms with van der Waals surface area (Å²) in [5, 5.41) is 8.86. The molecule has 1 aromatic carbocycles. The van der Waals surface area contributed by atoms with Crippen molar-refractivity contribution in [2.45, 2.75) is 25.7 Å². The molecule has 4 rings (SSSR count). The van der Waals surface area contributed by atoms with Gasteiger partial charge in [-0.15, -0.1) is 16.8 Å². The fourth-order valence-corrected chi connectivity index (χ4v) is 4.39. The maximum atomic E-state index is 13.0. The Hall–Kier alpha value is -3.42. The molecule has 2 heterocycles. The molecule has 2 fully saturated rings. The van der Waals surface area contributed by atoms with E-state index in [2.05, 4.69) is 21.7 Å². The highest BCUT2D eigenvalue weighted by molar-refractivity contribution is 5.86. The number of hydrogen-bond donors (Lipinski definition) is 0. The Bertz CT molecular complexity index is 1010. The largest absolute Gasteiger partial charge is 0.497 e. The number of carbonyl (C=O) groups excluding carboxylic acids is 2. The van der Waals surface area contributed by atoms with Gasteiger partial charge in [0.2, 0.25) is 11.8 Å². The van der Waals surface area contributed by atoms with E-state index >= 15 is 0 Å². The summed E-state index contributed by atoms with van der Waals surface area (Å²) in [6.45, 7) is 7.03. The Labute approximate surface area is 201 Å². The lowest BCUT2D eigenvalue weighted by atomic mass is 9.84. The summed E-state index contributed by atoms with van der Waals surface area (Å²) in [7, 11) is 1.64. The van der Waals surface area contributed by atoms with Crippen LogP contribution in [0.3, 0.4) is 0 Å². The molecule has 180 valence electrons. The van der Waals surface area contributed by atoms with E-state index in [1.54, 1.807) is 18.1 Å². The lowest BCUT2D eigenvalue weighted by molar-refractivity contribution is -0.144. The van der Waals surface area contributed by atoms with Crippen LogP contribution in [0.5, 0.6) is 5.75 Å². The summed E-state index contributed by atoms with van der Waals surface area (Å²) >= 11 is 0. The Balaban J connectivity index is 1.35. The van der Waals surface area contributed by atoms with E-state index in [9.17, 15) is 9.59 Å². The van der Waals surface area contributed by atoms with Gasteiger partial charge in [0.05, 0.1) is 12.8 Å². The highest BCUT2D eigenvalue weighted by atomic mass is 16.5. The van der Waals surface area contributed by atoms with Crippen LogP contribution in [0.4, 0.5) is 5.82 Å². The fraction of sp³-hybridized carbons (Fsp3) is 0.462. The van der Waals surface area contributed by atoms with E-state index in [0.29, 0.717) is 26.2 Å². The second-order valence-electron chi connectivity index (χ2n) is 8.87. The minimum Gasteiger partial charge on any atom is -0.497 e. The van der Waals surface area contributed by atoms with Crippen molar-refractivity contribution in [3.8, 4) is 17.0 Å². The smallest absolute Gasteiger partial charge is 0.242 e. The van der Waals surface area contributed by atoms with Gasteiger partial charge in [0.25, 0.3) is 0 Å². The van der Waals surface area contributed by atoms with Gasteiger partial charge in [-0.1, -0.05) is 24.6 Å². The van der Waals surface area contributed by atoms with E-state index in [1.807, 2.05) is 41.3 Å². The summed E-state index contributed by atoms with van der Waals surface area (Å²) in [5.74, 6) is 1.74. The molecule has 1 saturated carbocycles. The Morgan fingerprint density at radius 2 is 1.97 bits per heavy atom. The lowest BCUT2D eigenvalue weighted by Crippen LogP contribution is -2.46. The number of nitrogens with zero attached hydrogens (tertiary/aromatic N) is 5. The van der Waals surface area contributed by atoms with Gasteiger partial charge in [0.15, 0.2) is 5.82 Å². The maximum Gasteiger partial charge on any atom is 0.242 e. The molecule has 1 aromatic heterocycles. The van der Waals surface area contributed by atoms with Crippen LogP contribution in [0.1, 0.15) is 25.7 Å². The van der Waals surface area contributed by atoms with Crippen molar-refractivity contribution in [1.29, 1.82) is 0 Å². The number of rotatable bonds is 8. The van der Waals surface area contributed by atoms with Crippen molar-refractivity contribution < 1.29 is 14.3 Å². The molecule has 2 aromatic rings. The Kier molecular flexibility index (Phi) is 7.77. The van der Waals surface area contributed by atoms with Crippen molar-refractivity contribution in [2.24, 2.45) is 5.92 Å². The van der Waals surface area contributed by atoms with Crippen LogP contribution in [-0.2, 0) is 9.59 Å². The lowest BCUT2D eigenvalue weighted by Gasteiger charge is -2.32. The molecule has 1 aliphatic heterocycles. The number of anilines is 1. The van der Waals surface area contributed by atoms with Crippen LogP contribution in [0, 0.1) is 5.92 Å². The maximum absolute atomic E-state index is 13.0. The second-order valence-corrected chi connectivity index (χ2v) is 8.87. The zero-order valence-electron chi connectivity index (χ0n) is 19.9. The monoisotopic (exact) mass is 463 g/mol. The van der Waals surface area contributed by atoms with E-state index in [4.69, 9.17) is 4.74 Å². The third-order valence-corrected chi connectivity index (χ3v) is 6.63. The molecule has 8 nitrogen and oxygen atoms in total. The molecule has 2 aliphatic rings. The second kappa shape index (κ2) is 11.1. The molecule has 0 bridgehead atoms. The number of benzene rings is 1. The van der Waals surface area contributed by atoms with Gasteiger partial charge in [0, 0.05) is 44.2 Å². The van der Waals surface area contributed by atoms with E-state index in [1.165, 1.54) is 0 Å². The third kappa shape index (κ3) is 5.55. The molecule has 0 atom stereocenters. The van der Waals surface area contributed by atoms with Crippen LogP contribution >= 0.6 is 0 Å². The molecule has 1 saturated heterocycles. The summed E-state index contributed by atoms with van der Waals surface area (Å²) in [6, 6.07) is 11.7. The number of amides is 2. The van der Waals surface area contributed by atoms with Gasteiger partial charge in [-0.3, -0.25) is 9.59 Å². The van der Waals surface area contributed by atoms with E-state index < -0.39 is 0 Å². The molecular weight excluding hydrogens is 430 g/mol. The molecule has 0 spiro atoms. The summed E-state index contributed by atoms with van der Waals surface area (Å²) < 4.78 is 5.29. The zero-order valence-corrected chi connectivity index (χ0v) is 19.9. The third-order valence-electron chi connectivity index (χ3n) is 6.63. The van der Waals surface area contributed by atoms with Gasteiger partial charge < -0.3 is 19.4 Å². The van der Waals surface area contributed by atoms with Crippen molar-refractivity contribution >= 4 is 17.6 Å². The first kappa shape index (κ1) is 23.7. The molecule has 1 aliphatic carbocycles. The van der Waals surface area contributed by atoms with Crippen molar-refractivity contribution in [2.75, 3.05) is 51.3 Å². The molecule has 8 heteroatoms. The topological polar surface area (TPSA) is 78.9 Å². The molecular formula is C26H33N5O3. The first-order valence-electron chi connectivity index (χ1n) is 12.0. The predicted molar refractivity (Wildman–Crippen MR) is 132 cm³/mol. The van der Waals surface area contributed by atoms with Crippen LogP contribution in [0.2, 0.25) is 0 Å². The van der Waals surface area contributed by atoms with Crippen LogP contribution in [0.25, 0.3) is 11.3 Å². The van der Waals surface area contributed by atoms with Gasteiger partial charge in [-0.2, -0.15) is 0 Å². The Morgan fingerprint density at radius 1 is 1.12 bits per heavy atom. The first-order chi connectivity index (χ1) is 16.6. The zero-order chi connectivity index (χ0) is 23.9. The van der Waals surface area contributed by atoms with Gasteiger partial charge >= 0.3 is 0 Å². The van der Waals surface area contributed by atoms with E-state index in [0.717, 1.165) is 55.1 Å². The van der Waals surface area contributed by atoms with Gasteiger partial charge in [-0.05, 0) is 43.5 Å². The average Bonchev–Trinajstić information content (AvgIpc) is 3.09. The number of aromatic nitrogens is 2. The average molecular weight is 464 g/mol. The molecule has 0 unspecified atom stereocenters. The molecule has 0 N–H and O–H groups in total. The van der Waals surface area contributed by atoms with Crippen LogP contribution in [-0.4, -0.2) is 78.2 Å². The quantitative estimate of drug-likeness (QED) is 0.560. The van der Waals surface area contributed by atoms with Crippen molar-refractivity contribution in [3.05, 3.63) is 49.1 Å². The van der Waals surface area contributed by atoms with Gasteiger partial charge in [-0.25, -0.2) is 0 Å². The number of carbonyl (C=O) groups is 2. The normalized spacial score (nSPS) is 16.4. The molecule has 2 amide bonds. The van der Waals surface area contributed by atoms with E-state index in [-0.39, 0.29) is 24.3 Å². The Morgan fingerprint density at radius 3 is 2.65 bits per heavy atom. The number of methoxy groups -OCH3 is 1. The van der Waals surface area contributed by atoms with Crippen molar-refractivity contribution in [3.63, 3.8) is 0 Å². The number of hydrogen-bond acceptors (Lipinski definition) is 6.